The van der Waals surface area contributed by atoms with Crippen molar-refractivity contribution in [1.82, 2.24) is 9.97 Å². The summed E-state index contributed by atoms with van der Waals surface area (Å²) in [6.07, 6.45) is 0.684. The van der Waals surface area contributed by atoms with Crippen molar-refractivity contribution < 1.29 is 8.78 Å². The zero-order chi connectivity index (χ0) is 13.3. The van der Waals surface area contributed by atoms with Gasteiger partial charge in [-0.1, -0.05) is 6.92 Å². The molecule has 2 rings (SSSR count). The molecule has 0 fully saturated rings. The van der Waals surface area contributed by atoms with E-state index in [0.29, 0.717) is 12.2 Å². The Bertz CT molecular complexity index is 577. The molecule has 0 bridgehead atoms. The van der Waals surface area contributed by atoms with Gasteiger partial charge in [0.05, 0.1) is 0 Å². The van der Waals surface area contributed by atoms with Crippen LogP contribution in [0.3, 0.4) is 0 Å². The van der Waals surface area contributed by atoms with Gasteiger partial charge >= 0.3 is 0 Å². The molecule has 0 saturated heterocycles. The Balaban J connectivity index is 2.60. The molecule has 3 nitrogen and oxygen atoms in total. The molecule has 0 saturated carbocycles. The van der Waals surface area contributed by atoms with Gasteiger partial charge in [-0.2, -0.15) is 0 Å². The second kappa shape index (κ2) is 4.68. The molecule has 0 atom stereocenters. The summed E-state index contributed by atoms with van der Waals surface area (Å²) in [6, 6.07) is 3.18. The van der Waals surface area contributed by atoms with Gasteiger partial charge in [0, 0.05) is 22.9 Å². The maximum Gasteiger partial charge on any atom is 0.161 e. The average molecular weight is 249 g/mol. The number of nitrogen functional groups attached to an aromatic ring is 1. The van der Waals surface area contributed by atoms with E-state index >= 15 is 0 Å². The van der Waals surface area contributed by atoms with Crippen LogP contribution in [0.5, 0.6) is 0 Å². The molecule has 0 spiro atoms. The van der Waals surface area contributed by atoms with Gasteiger partial charge in [0.25, 0.3) is 0 Å². The first-order chi connectivity index (χ1) is 8.51. The molecule has 0 aliphatic heterocycles. The Morgan fingerprint density at radius 3 is 2.28 bits per heavy atom. The molecule has 1 aromatic heterocycles. The Kier molecular flexibility index (Phi) is 3.23. The molecule has 18 heavy (non-hydrogen) atoms. The number of hydrogen-bond donors (Lipinski definition) is 1. The number of aryl methyl sites for hydroxylation is 1. The fraction of sp³-hybridized carbons (Fsp3) is 0.231. The summed E-state index contributed by atoms with van der Waals surface area (Å²) in [5, 5.41) is 0. The van der Waals surface area contributed by atoms with Crippen LogP contribution in [0.2, 0.25) is 0 Å². The average Bonchev–Trinajstić information content (AvgIpc) is 2.31. The highest BCUT2D eigenvalue weighted by atomic mass is 19.1. The maximum absolute atomic E-state index is 13.1. The molecule has 0 aliphatic rings. The first-order valence-electron chi connectivity index (χ1n) is 5.60. The number of benzene rings is 1. The zero-order valence-corrected chi connectivity index (χ0v) is 10.2. The molecule has 1 heterocycles. The summed E-state index contributed by atoms with van der Waals surface area (Å²) in [4.78, 5) is 8.35. The van der Waals surface area contributed by atoms with Crippen LogP contribution in [0.4, 0.5) is 14.6 Å². The van der Waals surface area contributed by atoms with E-state index in [2.05, 4.69) is 9.97 Å². The van der Waals surface area contributed by atoms with Gasteiger partial charge in [-0.3, -0.25) is 0 Å². The lowest BCUT2D eigenvalue weighted by atomic mass is 10.1. The third kappa shape index (κ3) is 2.30. The summed E-state index contributed by atoms with van der Waals surface area (Å²) in [5.74, 6) is -0.744. The first-order valence-corrected chi connectivity index (χ1v) is 5.60. The van der Waals surface area contributed by atoms with Crippen molar-refractivity contribution in [3.63, 3.8) is 0 Å². The van der Waals surface area contributed by atoms with E-state index in [1.165, 1.54) is 12.1 Å². The summed E-state index contributed by atoms with van der Waals surface area (Å²) >= 11 is 0. The largest absolute Gasteiger partial charge is 0.383 e. The quantitative estimate of drug-likeness (QED) is 0.890. The smallest absolute Gasteiger partial charge is 0.161 e. The highest BCUT2D eigenvalue weighted by Gasteiger charge is 2.11. The number of halogens is 2. The first kappa shape index (κ1) is 12.4. The van der Waals surface area contributed by atoms with Gasteiger partial charge < -0.3 is 5.73 Å². The van der Waals surface area contributed by atoms with Crippen molar-refractivity contribution in [2.24, 2.45) is 0 Å². The van der Waals surface area contributed by atoms with Crippen molar-refractivity contribution >= 4 is 5.82 Å². The second-order valence-corrected chi connectivity index (χ2v) is 4.02. The van der Waals surface area contributed by atoms with Gasteiger partial charge in [-0.05, 0) is 25.5 Å². The molecule has 5 heteroatoms. The monoisotopic (exact) mass is 249 g/mol. The third-order valence-electron chi connectivity index (χ3n) is 2.74. The SMILES string of the molecule is CCc1nc(-c2cc(F)cc(F)c2)nc(N)c1C. The highest BCUT2D eigenvalue weighted by molar-refractivity contribution is 5.58. The minimum absolute atomic E-state index is 0.244. The zero-order valence-electron chi connectivity index (χ0n) is 10.2. The van der Waals surface area contributed by atoms with Gasteiger partial charge in [0.2, 0.25) is 0 Å². The Labute approximate surface area is 104 Å². The van der Waals surface area contributed by atoms with Crippen LogP contribution in [0, 0.1) is 18.6 Å². The van der Waals surface area contributed by atoms with E-state index in [4.69, 9.17) is 5.73 Å². The topological polar surface area (TPSA) is 51.8 Å². The van der Waals surface area contributed by atoms with Gasteiger partial charge in [0.15, 0.2) is 5.82 Å². The minimum Gasteiger partial charge on any atom is -0.383 e. The molecular weight excluding hydrogens is 236 g/mol. The fourth-order valence-electron chi connectivity index (χ4n) is 1.74. The lowest BCUT2D eigenvalue weighted by Gasteiger charge is -2.08. The lowest BCUT2D eigenvalue weighted by molar-refractivity contribution is 0.584. The number of aromatic nitrogens is 2. The maximum atomic E-state index is 13.1. The van der Waals surface area contributed by atoms with Crippen LogP contribution in [0.1, 0.15) is 18.2 Å². The predicted octanol–water partition coefficient (Wildman–Crippen LogP) is 2.87. The van der Waals surface area contributed by atoms with E-state index in [1.54, 1.807) is 0 Å². The predicted molar refractivity (Wildman–Crippen MR) is 65.9 cm³/mol. The van der Waals surface area contributed by atoms with Crippen molar-refractivity contribution in [1.29, 1.82) is 0 Å². The van der Waals surface area contributed by atoms with Crippen molar-refractivity contribution in [3.05, 3.63) is 41.1 Å². The minimum atomic E-state index is -0.661. The molecule has 2 aromatic rings. The van der Waals surface area contributed by atoms with E-state index in [9.17, 15) is 8.78 Å². The molecule has 0 radical (unpaired) electrons. The van der Waals surface area contributed by atoms with E-state index in [-0.39, 0.29) is 11.4 Å². The Morgan fingerprint density at radius 2 is 1.72 bits per heavy atom. The van der Waals surface area contributed by atoms with Crippen LogP contribution in [-0.2, 0) is 6.42 Å². The van der Waals surface area contributed by atoms with Gasteiger partial charge in [-0.25, -0.2) is 18.7 Å². The third-order valence-corrected chi connectivity index (χ3v) is 2.74. The summed E-state index contributed by atoms with van der Waals surface area (Å²) in [7, 11) is 0. The number of nitrogens with two attached hydrogens (primary N) is 1. The molecular formula is C13H13F2N3. The fourth-order valence-corrected chi connectivity index (χ4v) is 1.74. The van der Waals surface area contributed by atoms with Crippen molar-refractivity contribution in [2.75, 3.05) is 5.73 Å². The number of rotatable bonds is 2. The van der Waals surface area contributed by atoms with Crippen LogP contribution >= 0.6 is 0 Å². The lowest BCUT2D eigenvalue weighted by Crippen LogP contribution is -2.04. The van der Waals surface area contributed by atoms with Crippen LogP contribution in [-0.4, -0.2) is 9.97 Å². The summed E-state index contributed by atoms with van der Waals surface area (Å²) in [6.45, 7) is 3.76. The molecule has 2 N–H and O–H groups in total. The molecule has 1 aromatic carbocycles. The summed E-state index contributed by atoms with van der Waals surface area (Å²) in [5.41, 5.74) is 7.64. The number of nitrogens with zero attached hydrogens (tertiary/aromatic N) is 2. The summed E-state index contributed by atoms with van der Waals surface area (Å²) < 4.78 is 26.3. The highest BCUT2D eigenvalue weighted by Crippen LogP contribution is 2.22. The normalized spacial score (nSPS) is 10.7. The number of hydrogen-bond acceptors (Lipinski definition) is 3. The Morgan fingerprint density at radius 1 is 1.11 bits per heavy atom. The Hall–Kier alpha value is -2.04. The van der Waals surface area contributed by atoms with Gasteiger partial charge in [-0.15, -0.1) is 0 Å². The van der Waals surface area contributed by atoms with E-state index in [0.717, 1.165) is 17.3 Å². The van der Waals surface area contributed by atoms with E-state index in [1.807, 2.05) is 13.8 Å². The number of anilines is 1. The van der Waals surface area contributed by atoms with Crippen LogP contribution in [0.15, 0.2) is 18.2 Å². The molecule has 0 unspecified atom stereocenters. The van der Waals surface area contributed by atoms with Crippen LogP contribution in [0.25, 0.3) is 11.4 Å². The second-order valence-electron chi connectivity index (χ2n) is 4.02. The standard InChI is InChI=1S/C13H13F2N3/c1-3-11-7(2)12(16)18-13(17-11)8-4-9(14)6-10(15)5-8/h4-6H,3H2,1-2H3,(H2,16,17,18). The van der Waals surface area contributed by atoms with Crippen LogP contribution < -0.4 is 5.73 Å². The van der Waals surface area contributed by atoms with Crippen molar-refractivity contribution in [3.8, 4) is 11.4 Å². The van der Waals surface area contributed by atoms with Crippen molar-refractivity contribution in [2.45, 2.75) is 20.3 Å². The molecule has 0 aliphatic carbocycles. The molecule has 0 amide bonds. The molecule has 94 valence electrons. The van der Waals surface area contributed by atoms with E-state index < -0.39 is 11.6 Å². The van der Waals surface area contributed by atoms with Gasteiger partial charge in [0.1, 0.15) is 17.5 Å².